The van der Waals surface area contributed by atoms with Crippen molar-refractivity contribution < 1.29 is 22.8 Å². The fourth-order valence-corrected chi connectivity index (χ4v) is 5.16. The molecule has 3 heterocycles. The summed E-state index contributed by atoms with van der Waals surface area (Å²) in [5.41, 5.74) is 0.967. The van der Waals surface area contributed by atoms with Crippen LogP contribution in [0.25, 0.3) is 10.9 Å². The van der Waals surface area contributed by atoms with Crippen molar-refractivity contribution in [2.24, 2.45) is 5.41 Å². The van der Waals surface area contributed by atoms with Crippen LogP contribution in [0, 0.1) is 5.41 Å². The highest BCUT2D eigenvalue weighted by Gasteiger charge is 2.47. The smallest absolute Gasteiger partial charge is 0.351 e. The van der Waals surface area contributed by atoms with E-state index < -0.39 is 11.7 Å². The number of likely N-dealkylation sites (tertiary alicyclic amines) is 2. The number of carbonyl (C=O) groups is 2. The fourth-order valence-electron chi connectivity index (χ4n) is 4.78. The maximum atomic E-state index is 12.9. The lowest BCUT2D eigenvalue weighted by atomic mass is 9.72. The summed E-state index contributed by atoms with van der Waals surface area (Å²) in [6, 6.07) is 12.0. The predicted octanol–water partition coefficient (Wildman–Crippen LogP) is 5.33. The molecule has 0 aliphatic carbocycles. The molecule has 2 fully saturated rings. The third-order valence-corrected chi connectivity index (χ3v) is 7.22. The second kappa shape index (κ2) is 7.90. The Morgan fingerprint density at radius 2 is 1.58 bits per heavy atom. The second-order valence-electron chi connectivity index (χ2n) is 8.94. The van der Waals surface area contributed by atoms with Gasteiger partial charge in [-0.15, -0.1) is 0 Å². The maximum absolute atomic E-state index is 12.9. The Labute approximate surface area is 196 Å². The van der Waals surface area contributed by atoms with Crippen LogP contribution in [0.4, 0.5) is 13.2 Å². The van der Waals surface area contributed by atoms with Crippen LogP contribution in [0.3, 0.4) is 0 Å². The number of alkyl halides is 3. The van der Waals surface area contributed by atoms with Gasteiger partial charge < -0.3 is 14.8 Å². The number of aromatic nitrogens is 1. The molecule has 2 aromatic carbocycles. The van der Waals surface area contributed by atoms with Crippen molar-refractivity contribution in [3.8, 4) is 0 Å². The summed E-state index contributed by atoms with van der Waals surface area (Å²) in [7, 11) is 0. The molecule has 33 heavy (non-hydrogen) atoms. The minimum absolute atomic E-state index is 0.00161. The number of carbonyl (C=O) groups excluding carboxylic acids is 2. The number of benzene rings is 2. The normalized spacial score (nSPS) is 17.9. The quantitative estimate of drug-likeness (QED) is 0.497. The number of halogens is 4. The molecule has 1 N–H and O–H groups in total. The van der Waals surface area contributed by atoms with Gasteiger partial charge in [-0.25, -0.2) is 0 Å². The minimum atomic E-state index is -4.42. The number of amides is 2. The van der Waals surface area contributed by atoms with E-state index in [9.17, 15) is 22.8 Å². The number of rotatable bonds is 2. The van der Waals surface area contributed by atoms with E-state index in [1.54, 1.807) is 4.90 Å². The van der Waals surface area contributed by atoms with Gasteiger partial charge in [0.1, 0.15) is 5.69 Å². The number of aromatic amines is 1. The Balaban J connectivity index is 1.18. The molecule has 1 spiro atoms. The summed E-state index contributed by atoms with van der Waals surface area (Å²) in [5.74, 6) is -0.286. The molecular formula is C24H21BrF3N3O2. The molecule has 2 aliphatic rings. The average molecular weight is 520 g/mol. The first-order valence-electron chi connectivity index (χ1n) is 10.7. The van der Waals surface area contributed by atoms with Gasteiger partial charge in [0, 0.05) is 52.5 Å². The summed E-state index contributed by atoms with van der Waals surface area (Å²) < 4.78 is 39.2. The van der Waals surface area contributed by atoms with Gasteiger partial charge in [0.05, 0.1) is 5.56 Å². The Morgan fingerprint density at radius 3 is 2.21 bits per heavy atom. The molecule has 5 nitrogen and oxygen atoms in total. The van der Waals surface area contributed by atoms with Gasteiger partial charge in [0.2, 0.25) is 0 Å². The minimum Gasteiger partial charge on any atom is -0.351 e. The van der Waals surface area contributed by atoms with Crippen molar-refractivity contribution in [3.05, 3.63) is 69.8 Å². The van der Waals surface area contributed by atoms with Gasteiger partial charge in [0.25, 0.3) is 11.8 Å². The van der Waals surface area contributed by atoms with Gasteiger partial charge in [0.15, 0.2) is 0 Å². The van der Waals surface area contributed by atoms with E-state index in [0.717, 1.165) is 40.4 Å². The monoisotopic (exact) mass is 519 g/mol. The zero-order chi connectivity index (χ0) is 23.4. The molecule has 2 aliphatic heterocycles. The van der Waals surface area contributed by atoms with Crippen LogP contribution in [-0.2, 0) is 6.18 Å². The number of nitrogens with zero attached hydrogens (tertiary/aromatic N) is 2. The van der Waals surface area contributed by atoms with Crippen molar-refractivity contribution in [1.29, 1.82) is 0 Å². The van der Waals surface area contributed by atoms with E-state index in [4.69, 9.17) is 0 Å². The number of nitrogens with one attached hydrogen (secondary N) is 1. The highest BCUT2D eigenvalue weighted by Crippen LogP contribution is 2.41. The van der Waals surface area contributed by atoms with Crippen molar-refractivity contribution in [1.82, 2.24) is 14.8 Å². The molecule has 0 bridgehead atoms. The summed E-state index contributed by atoms with van der Waals surface area (Å²) in [6.07, 6.45) is -2.89. The fraction of sp³-hybridized carbons (Fsp3) is 0.333. The van der Waals surface area contributed by atoms with E-state index in [2.05, 4.69) is 20.9 Å². The first kappa shape index (κ1) is 22.0. The van der Waals surface area contributed by atoms with Gasteiger partial charge in [-0.3, -0.25) is 9.59 Å². The van der Waals surface area contributed by atoms with Crippen molar-refractivity contribution >= 4 is 38.6 Å². The number of hydrogen-bond donors (Lipinski definition) is 1. The summed E-state index contributed by atoms with van der Waals surface area (Å²) in [6.45, 7) is 2.35. The van der Waals surface area contributed by atoms with Crippen LogP contribution in [0.15, 0.2) is 53.0 Å². The highest BCUT2D eigenvalue weighted by atomic mass is 79.9. The number of H-pyrrole nitrogens is 1. The third kappa shape index (κ3) is 4.14. The van der Waals surface area contributed by atoms with E-state index in [1.165, 1.54) is 12.1 Å². The zero-order valence-electron chi connectivity index (χ0n) is 17.6. The van der Waals surface area contributed by atoms with Crippen molar-refractivity contribution in [3.63, 3.8) is 0 Å². The summed E-state index contributed by atoms with van der Waals surface area (Å²) >= 11 is 3.44. The molecule has 1 aromatic heterocycles. The summed E-state index contributed by atoms with van der Waals surface area (Å²) in [5, 5.41) is 0.970. The second-order valence-corrected chi connectivity index (χ2v) is 9.86. The van der Waals surface area contributed by atoms with Gasteiger partial charge >= 0.3 is 6.18 Å². The summed E-state index contributed by atoms with van der Waals surface area (Å²) in [4.78, 5) is 32.3. The van der Waals surface area contributed by atoms with Crippen LogP contribution in [0.1, 0.15) is 39.3 Å². The predicted molar refractivity (Wildman–Crippen MR) is 121 cm³/mol. The molecule has 2 amide bonds. The SMILES string of the molecule is O=C(c1ccc(C(F)(F)F)cc1)N1CCC2(CC1)CN(C(=O)c1cc3cc(Br)ccc3[nH]1)C2. The Morgan fingerprint density at radius 1 is 0.909 bits per heavy atom. The van der Waals surface area contributed by atoms with Gasteiger partial charge in [-0.1, -0.05) is 15.9 Å². The maximum Gasteiger partial charge on any atom is 0.416 e. The molecular weight excluding hydrogens is 499 g/mol. The lowest BCUT2D eigenvalue weighted by Crippen LogP contribution is -2.62. The third-order valence-electron chi connectivity index (χ3n) is 6.72. The van der Waals surface area contributed by atoms with Crippen molar-refractivity contribution in [2.75, 3.05) is 26.2 Å². The topological polar surface area (TPSA) is 56.4 Å². The molecule has 0 atom stereocenters. The molecule has 5 rings (SSSR count). The Hall–Kier alpha value is -2.81. The van der Waals surface area contributed by atoms with Crippen LogP contribution >= 0.6 is 15.9 Å². The van der Waals surface area contributed by atoms with Gasteiger partial charge in [-0.2, -0.15) is 13.2 Å². The molecule has 0 unspecified atom stereocenters. The molecule has 0 saturated carbocycles. The highest BCUT2D eigenvalue weighted by molar-refractivity contribution is 9.10. The first-order chi connectivity index (χ1) is 15.6. The number of hydrogen-bond acceptors (Lipinski definition) is 2. The number of fused-ring (bicyclic) bond motifs is 1. The van der Waals surface area contributed by atoms with E-state index in [1.807, 2.05) is 29.2 Å². The van der Waals surface area contributed by atoms with E-state index >= 15 is 0 Å². The molecule has 9 heteroatoms. The Kier molecular flexibility index (Phi) is 5.27. The largest absolute Gasteiger partial charge is 0.416 e. The van der Waals surface area contributed by atoms with Crippen LogP contribution in [0.2, 0.25) is 0 Å². The van der Waals surface area contributed by atoms with E-state index in [0.29, 0.717) is 31.9 Å². The zero-order valence-corrected chi connectivity index (χ0v) is 19.2. The van der Waals surface area contributed by atoms with Crippen LogP contribution < -0.4 is 0 Å². The molecule has 172 valence electrons. The molecule has 0 radical (unpaired) electrons. The Bertz CT molecular complexity index is 1220. The number of piperidine rings is 1. The standard InChI is InChI=1S/C24H21BrF3N3O2/c25-18-5-6-19-16(11-18)12-20(29-19)22(33)31-13-23(14-31)7-9-30(10-8-23)21(32)15-1-3-17(4-2-15)24(26,27)28/h1-6,11-12,29H,7-10,13-14H2. The average Bonchev–Trinajstić information content (AvgIpc) is 3.19. The van der Waals surface area contributed by atoms with Crippen molar-refractivity contribution in [2.45, 2.75) is 19.0 Å². The lowest BCUT2D eigenvalue weighted by molar-refractivity contribution is -0.137. The van der Waals surface area contributed by atoms with E-state index in [-0.39, 0.29) is 22.8 Å². The first-order valence-corrected chi connectivity index (χ1v) is 11.5. The molecule has 3 aromatic rings. The van der Waals surface area contributed by atoms with Crippen LogP contribution in [-0.4, -0.2) is 52.8 Å². The van der Waals surface area contributed by atoms with Crippen LogP contribution in [0.5, 0.6) is 0 Å². The molecule has 2 saturated heterocycles. The lowest BCUT2D eigenvalue weighted by Gasteiger charge is -2.53. The van der Waals surface area contributed by atoms with Gasteiger partial charge in [-0.05, 0) is 61.4 Å².